The fourth-order valence-corrected chi connectivity index (χ4v) is 9.22. The summed E-state index contributed by atoms with van der Waals surface area (Å²) in [5.41, 5.74) is 9.57. The average molecular weight is 1050 g/mol. The first-order valence-corrected chi connectivity index (χ1v) is 26.6. The lowest BCUT2D eigenvalue weighted by Crippen LogP contribution is -2.45. The Morgan fingerprint density at radius 2 is 1.46 bits per heavy atom. The number of hydrogen-bond acceptors (Lipinski definition) is 11. The minimum Gasteiger partial charge on any atom is -0.379 e. The third-order valence-electron chi connectivity index (χ3n) is 13.6. The highest BCUT2D eigenvalue weighted by molar-refractivity contribution is 6.25. The Morgan fingerprint density at radius 3 is 2.14 bits per heavy atom. The van der Waals surface area contributed by atoms with Crippen LogP contribution in [0.5, 0.6) is 0 Å². The van der Waals surface area contributed by atoms with Crippen LogP contribution in [0.3, 0.4) is 0 Å². The summed E-state index contributed by atoms with van der Waals surface area (Å²) in [7, 11) is 0. The van der Waals surface area contributed by atoms with E-state index in [1.54, 1.807) is 24.3 Å². The van der Waals surface area contributed by atoms with E-state index in [4.69, 9.17) is 19.9 Å². The Morgan fingerprint density at radius 1 is 0.789 bits per heavy atom. The van der Waals surface area contributed by atoms with Crippen molar-refractivity contribution in [2.24, 2.45) is 23.5 Å². The molecule has 408 valence electrons. The van der Waals surface area contributed by atoms with Crippen molar-refractivity contribution in [1.29, 1.82) is 0 Å². The number of carbonyl (C=O) groups is 8. The van der Waals surface area contributed by atoms with E-state index in [2.05, 4.69) is 21.3 Å². The number of unbranched alkanes of at least 4 members (excludes halogenated alkanes) is 1. The highest BCUT2D eigenvalue weighted by Crippen LogP contribution is 2.39. The summed E-state index contributed by atoms with van der Waals surface area (Å²) in [4.78, 5) is 104. The van der Waals surface area contributed by atoms with Gasteiger partial charge in [-0.05, 0) is 80.3 Å². The van der Waals surface area contributed by atoms with Crippen molar-refractivity contribution in [3.63, 3.8) is 0 Å². The number of rotatable bonds is 33. The fraction of sp³-hybridized carbons (Fsp3) is 0.491. The molecule has 76 heavy (non-hydrogen) atoms. The van der Waals surface area contributed by atoms with Gasteiger partial charge in [-0.2, -0.15) is 0 Å². The Labute approximate surface area is 445 Å². The van der Waals surface area contributed by atoms with Crippen molar-refractivity contribution >= 4 is 59.0 Å². The smallest absolute Gasteiger partial charge is 0.312 e. The van der Waals surface area contributed by atoms with Gasteiger partial charge in [0.2, 0.25) is 17.7 Å². The van der Waals surface area contributed by atoms with Gasteiger partial charge in [-0.1, -0.05) is 57.0 Å². The monoisotopic (exact) mass is 1050 g/mol. The van der Waals surface area contributed by atoms with E-state index < -0.39 is 18.0 Å². The lowest BCUT2D eigenvalue weighted by molar-refractivity contribution is -0.688. The van der Waals surface area contributed by atoms with Gasteiger partial charge in [-0.3, -0.25) is 38.5 Å². The third kappa shape index (κ3) is 19.2. The quantitative estimate of drug-likeness (QED) is 0.0246. The molecule has 6 N–H and O–H groups in total. The van der Waals surface area contributed by atoms with Crippen LogP contribution in [0.2, 0.25) is 0 Å². The molecule has 2 aromatic carbocycles. The first kappa shape index (κ1) is 58.2. The zero-order valence-corrected chi connectivity index (χ0v) is 43.9. The lowest BCUT2D eigenvalue weighted by atomic mass is 9.89. The van der Waals surface area contributed by atoms with E-state index in [1.165, 1.54) is 4.90 Å². The molecule has 19 nitrogen and oxygen atoms in total. The van der Waals surface area contributed by atoms with Crippen LogP contribution in [-0.2, 0) is 49.5 Å². The number of nitrogens with one attached hydrogen (secondary N) is 4. The normalized spacial score (nSPS) is 15.2. The summed E-state index contributed by atoms with van der Waals surface area (Å²) in [5.74, 6) is -1.96. The van der Waals surface area contributed by atoms with Gasteiger partial charge in [0.15, 0.2) is 24.7 Å². The zero-order chi connectivity index (χ0) is 54.2. The summed E-state index contributed by atoms with van der Waals surface area (Å²) >= 11 is 0. The first-order valence-electron chi connectivity index (χ1n) is 26.6. The Balaban J connectivity index is 0.863. The summed E-state index contributed by atoms with van der Waals surface area (Å²) < 4.78 is 18.5. The molecule has 2 aliphatic heterocycles. The van der Waals surface area contributed by atoms with Gasteiger partial charge in [0, 0.05) is 97.0 Å². The number of ketones is 1. The number of hydrogen-bond donors (Lipinski definition) is 5. The molecule has 0 radical (unpaired) electrons. The molecule has 1 aliphatic carbocycles. The molecule has 19 heteroatoms. The van der Waals surface area contributed by atoms with E-state index in [0.29, 0.717) is 48.7 Å². The number of Topliss-reactive ketones (excluding diaryl/α,β-unsaturated/α-hetero) is 1. The molecule has 0 unspecified atom stereocenters. The highest BCUT2D eigenvalue weighted by atomic mass is 16.5. The predicted octanol–water partition coefficient (Wildman–Crippen LogP) is 4.49. The van der Waals surface area contributed by atoms with E-state index in [1.807, 2.05) is 90.3 Å². The second kappa shape index (κ2) is 30.5. The van der Waals surface area contributed by atoms with E-state index in [-0.39, 0.29) is 119 Å². The van der Waals surface area contributed by atoms with Crippen LogP contribution in [-0.4, -0.2) is 135 Å². The van der Waals surface area contributed by atoms with Crippen LogP contribution in [0.1, 0.15) is 99.5 Å². The molecule has 3 aromatic rings. The maximum atomic E-state index is 13.7. The summed E-state index contributed by atoms with van der Waals surface area (Å²) in [6.45, 7) is 8.15. The van der Waals surface area contributed by atoms with Crippen LogP contribution >= 0.6 is 0 Å². The highest BCUT2D eigenvalue weighted by Gasteiger charge is 2.46. The number of aromatic nitrogens is 1. The van der Waals surface area contributed by atoms with Gasteiger partial charge in [0.25, 0.3) is 17.7 Å². The van der Waals surface area contributed by atoms with Gasteiger partial charge in [0.1, 0.15) is 0 Å². The number of imide groups is 1. The number of anilines is 1. The van der Waals surface area contributed by atoms with E-state index in [0.717, 1.165) is 61.9 Å². The number of nitrogens with zero attached hydrogens (tertiary/aromatic N) is 3. The second-order valence-electron chi connectivity index (χ2n) is 19.8. The van der Waals surface area contributed by atoms with E-state index in [9.17, 15) is 38.4 Å². The minimum atomic E-state index is -0.843. The molecule has 6 rings (SSSR count). The van der Waals surface area contributed by atoms with Crippen LogP contribution in [0, 0.1) is 17.8 Å². The molecule has 0 spiro atoms. The predicted molar refractivity (Wildman–Crippen MR) is 284 cm³/mol. The summed E-state index contributed by atoms with van der Waals surface area (Å²) in [5, 5.41) is 11.3. The molecule has 1 saturated heterocycles. The van der Waals surface area contributed by atoms with Gasteiger partial charge < -0.3 is 46.1 Å². The van der Waals surface area contributed by atoms with Gasteiger partial charge in [-0.15, -0.1) is 0 Å². The molecule has 1 fully saturated rings. The van der Waals surface area contributed by atoms with E-state index >= 15 is 0 Å². The van der Waals surface area contributed by atoms with Crippen molar-refractivity contribution in [2.75, 3.05) is 77.7 Å². The number of amides is 8. The number of nitrogens with two attached hydrogens (primary N) is 1. The number of carbonyl (C=O) groups excluding carboxylic acids is 8. The van der Waals surface area contributed by atoms with Gasteiger partial charge >= 0.3 is 6.03 Å². The Bertz CT molecular complexity index is 2500. The Hall–Kier alpha value is -7.09. The number of urea groups is 1. The van der Waals surface area contributed by atoms with Crippen LogP contribution in [0.4, 0.5) is 10.5 Å². The third-order valence-corrected chi connectivity index (χ3v) is 13.6. The number of piperidine rings is 2. The first-order chi connectivity index (χ1) is 36.7. The summed E-state index contributed by atoms with van der Waals surface area (Å²) in [6.07, 6.45) is 13.3. The fourth-order valence-electron chi connectivity index (χ4n) is 9.22. The largest absolute Gasteiger partial charge is 0.379 e. The zero-order valence-electron chi connectivity index (χ0n) is 43.9. The number of ether oxygens (including phenoxy) is 3. The van der Waals surface area contributed by atoms with Crippen molar-refractivity contribution in [3.05, 3.63) is 113 Å². The van der Waals surface area contributed by atoms with Crippen molar-refractivity contribution in [1.82, 2.24) is 25.8 Å². The van der Waals surface area contributed by atoms with Crippen LogP contribution in [0.25, 0.3) is 6.08 Å². The molecule has 3 heterocycles. The maximum Gasteiger partial charge on any atom is 0.312 e. The topological polar surface area (TPSA) is 249 Å². The lowest BCUT2D eigenvalue weighted by Gasteiger charge is -2.32. The van der Waals surface area contributed by atoms with Crippen LogP contribution in [0.15, 0.2) is 96.3 Å². The number of primary amides is 1. The molecule has 2 atom stereocenters. The number of benzene rings is 2. The number of pyridine rings is 1. The van der Waals surface area contributed by atoms with Gasteiger partial charge in [-0.25, -0.2) is 9.36 Å². The average Bonchev–Trinajstić information content (AvgIpc) is 4.19. The Kier molecular flexibility index (Phi) is 23.3. The summed E-state index contributed by atoms with van der Waals surface area (Å²) in [6, 6.07) is 19.1. The molecular formula is C57H75N8O11+. The van der Waals surface area contributed by atoms with Gasteiger partial charge in [0.05, 0.1) is 52.2 Å². The van der Waals surface area contributed by atoms with Crippen molar-refractivity contribution < 1.29 is 57.1 Å². The molecular weight excluding hydrogens is 973 g/mol. The molecule has 8 amide bonds. The SMILES string of the molecule is CC(C)[C@H](NC(=O)CCOCCOCCOCCN1C(=O)C2=C(C2)C1=O)C(=O)C[C@@H](CCCNC(N)=O)C(=O)Nc1ccc(C[n+]2cccc(/C=C/C(=O)NCCCCC3CCN(C(=O)c4ccccc4)CC3)c2)cc1. The van der Waals surface area contributed by atoms with Crippen LogP contribution < -0.4 is 31.6 Å². The molecule has 0 bridgehead atoms. The molecule has 3 aliphatic rings. The van der Waals surface area contributed by atoms with Crippen molar-refractivity contribution in [3.8, 4) is 0 Å². The standard InChI is InChI=1S/C57H74N8O11/c1-40(2)52(62-51(68)23-30-74-32-34-76-35-33-75-31-29-65-55(71)47-37-48(47)56(65)72)49(66)36-45(14-8-25-60-57(58)73)53(69)61-46-18-15-43(16-19-46)39-63-26-9-11-42(38-63)17-20-50(67)59-24-7-6-10-41-21-27-64(28-22-41)54(70)44-12-4-3-5-13-44/h3-5,9,11-13,15-20,26,38,40-41,45,52H,6-8,10,14,21-25,27-37,39H2,1-2H3,(H5-,58,59,60,61,62,67,68,69,73)/p+1/b20-17+/t45-,52+/m1/s1. The minimum absolute atomic E-state index is 0.00934. The maximum absolute atomic E-state index is 13.7. The molecule has 1 aromatic heterocycles. The van der Waals surface area contributed by atoms with Crippen molar-refractivity contribution in [2.45, 2.75) is 90.6 Å². The number of likely N-dealkylation sites (tertiary alicyclic amines) is 2. The second-order valence-corrected chi connectivity index (χ2v) is 19.8. The molecule has 0 saturated carbocycles.